The number of aromatic nitrogens is 4. The highest BCUT2D eigenvalue weighted by Crippen LogP contribution is 2.23. The molecule has 0 saturated carbocycles. The molecule has 3 rings (SSSR count). The summed E-state index contributed by atoms with van der Waals surface area (Å²) in [6.07, 6.45) is 8.28. The van der Waals surface area contributed by atoms with Gasteiger partial charge in [-0.3, -0.25) is 4.68 Å². The molecule has 1 saturated heterocycles. The van der Waals surface area contributed by atoms with E-state index in [4.69, 9.17) is 0 Å². The molecule has 2 aromatic rings. The van der Waals surface area contributed by atoms with E-state index in [1.54, 1.807) is 0 Å². The van der Waals surface area contributed by atoms with E-state index in [-0.39, 0.29) is 0 Å². The number of piperidine rings is 1. The van der Waals surface area contributed by atoms with Gasteiger partial charge in [0.25, 0.3) is 0 Å². The largest absolute Gasteiger partial charge is 0.328 e. The lowest BCUT2D eigenvalue weighted by molar-refractivity contribution is 0.442. The van der Waals surface area contributed by atoms with Gasteiger partial charge in [-0.25, -0.2) is 4.98 Å². The Morgan fingerprint density at radius 3 is 3.17 bits per heavy atom. The van der Waals surface area contributed by atoms with E-state index in [1.165, 1.54) is 24.2 Å². The molecule has 1 fully saturated rings. The number of nitrogens with one attached hydrogen (secondary N) is 1. The van der Waals surface area contributed by atoms with Crippen molar-refractivity contribution in [1.29, 1.82) is 0 Å². The first-order valence-corrected chi connectivity index (χ1v) is 6.52. The van der Waals surface area contributed by atoms with Gasteiger partial charge < -0.3 is 9.88 Å². The first-order valence-electron chi connectivity index (χ1n) is 6.52. The number of rotatable bonds is 3. The average Bonchev–Trinajstić information content (AvgIpc) is 3.01. The summed E-state index contributed by atoms with van der Waals surface area (Å²) in [6, 6.07) is 2.06. The lowest BCUT2D eigenvalue weighted by Crippen LogP contribution is -2.29. The summed E-state index contributed by atoms with van der Waals surface area (Å²) in [7, 11) is 1.98. The Balaban J connectivity index is 1.80. The van der Waals surface area contributed by atoms with Crippen molar-refractivity contribution in [1.82, 2.24) is 24.6 Å². The minimum Gasteiger partial charge on any atom is -0.328 e. The maximum absolute atomic E-state index is 4.31. The zero-order valence-electron chi connectivity index (χ0n) is 10.7. The highest BCUT2D eigenvalue weighted by molar-refractivity contribution is 5.11. The minimum atomic E-state index is 0.592. The fourth-order valence-corrected chi connectivity index (χ4v) is 2.64. The Kier molecular flexibility index (Phi) is 3.15. The number of hydrogen-bond acceptors (Lipinski definition) is 3. The summed E-state index contributed by atoms with van der Waals surface area (Å²) in [5.74, 6) is 0.592. The molecule has 0 aliphatic carbocycles. The fourth-order valence-electron chi connectivity index (χ4n) is 2.64. The van der Waals surface area contributed by atoms with Crippen LogP contribution >= 0.6 is 0 Å². The van der Waals surface area contributed by atoms with E-state index in [1.807, 2.05) is 30.5 Å². The molecule has 0 aromatic carbocycles. The van der Waals surface area contributed by atoms with E-state index < -0.39 is 0 Å². The number of hydrogen-bond donors (Lipinski definition) is 1. The van der Waals surface area contributed by atoms with Gasteiger partial charge in [-0.15, -0.1) is 0 Å². The van der Waals surface area contributed by atoms with Crippen molar-refractivity contribution in [2.24, 2.45) is 7.05 Å². The lowest BCUT2D eigenvalue weighted by atomic mass is 9.96. The molecule has 1 N–H and O–H groups in total. The van der Waals surface area contributed by atoms with Crippen LogP contribution in [-0.4, -0.2) is 32.4 Å². The van der Waals surface area contributed by atoms with Crippen LogP contribution in [0.15, 0.2) is 24.8 Å². The van der Waals surface area contributed by atoms with Crippen LogP contribution in [0.25, 0.3) is 0 Å². The van der Waals surface area contributed by atoms with Crippen molar-refractivity contribution < 1.29 is 0 Å². The van der Waals surface area contributed by atoms with Crippen LogP contribution in [0.3, 0.4) is 0 Å². The molecule has 5 heteroatoms. The molecule has 1 atom stereocenters. The summed E-state index contributed by atoms with van der Waals surface area (Å²) >= 11 is 0. The maximum atomic E-state index is 4.31. The first-order chi connectivity index (χ1) is 8.84. The second-order valence-electron chi connectivity index (χ2n) is 4.94. The van der Waals surface area contributed by atoms with Crippen LogP contribution < -0.4 is 5.32 Å². The highest BCUT2D eigenvalue weighted by Gasteiger charge is 2.19. The fraction of sp³-hybridized carbons (Fsp3) is 0.538. The van der Waals surface area contributed by atoms with E-state index in [2.05, 4.69) is 26.0 Å². The van der Waals surface area contributed by atoms with Gasteiger partial charge in [0.2, 0.25) is 0 Å². The summed E-state index contributed by atoms with van der Waals surface area (Å²) in [6.45, 7) is 3.06. The van der Waals surface area contributed by atoms with Crippen molar-refractivity contribution in [2.75, 3.05) is 13.1 Å². The third kappa shape index (κ3) is 2.18. The van der Waals surface area contributed by atoms with Gasteiger partial charge in [0, 0.05) is 37.6 Å². The van der Waals surface area contributed by atoms with Crippen molar-refractivity contribution in [3.63, 3.8) is 0 Å². The Labute approximate surface area is 107 Å². The Morgan fingerprint density at radius 2 is 2.44 bits per heavy atom. The van der Waals surface area contributed by atoms with Crippen LogP contribution in [0.2, 0.25) is 0 Å². The first kappa shape index (κ1) is 11.5. The molecule has 18 heavy (non-hydrogen) atoms. The lowest BCUT2D eigenvalue weighted by Gasteiger charge is -2.23. The molecular weight excluding hydrogens is 226 g/mol. The average molecular weight is 245 g/mol. The standard InChI is InChI=1S/C13H19N5/c1-17-12(4-6-16-17)9-18-10-15-8-13(18)11-3-2-5-14-7-11/h4,6,8,10-11,14H,2-3,5,7,9H2,1H3. The van der Waals surface area contributed by atoms with Crippen LogP contribution in [0.1, 0.15) is 30.1 Å². The number of aryl methyl sites for hydroxylation is 1. The van der Waals surface area contributed by atoms with E-state index in [0.717, 1.165) is 19.6 Å². The Morgan fingerprint density at radius 1 is 1.50 bits per heavy atom. The zero-order chi connectivity index (χ0) is 12.4. The minimum absolute atomic E-state index is 0.592. The predicted octanol–water partition coefficient (Wildman–Crippen LogP) is 1.13. The third-order valence-corrected chi connectivity index (χ3v) is 3.71. The molecule has 0 spiro atoms. The van der Waals surface area contributed by atoms with Gasteiger partial charge in [0.15, 0.2) is 0 Å². The van der Waals surface area contributed by atoms with E-state index in [0.29, 0.717) is 5.92 Å². The summed E-state index contributed by atoms with van der Waals surface area (Å²) in [4.78, 5) is 4.31. The molecule has 5 nitrogen and oxygen atoms in total. The number of imidazole rings is 1. The van der Waals surface area contributed by atoms with Crippen molar-refractivity contribution in [3.8, 4) is 0 Å². The van der Waals surface area contributed by atoms with Crippen LogP contribution in [0, 0.1) is 0 Å². The van der Waals surface area contributed by atoms with Crippen LogP contribution in [0.4, 0.5) is 0 Å². The summed E-state index contributed by atoms with van der Waals surface area (Å²) in [5, 5.41) is 7.67. The molecule has 3 heterocycles. The molecule has 0 amide bonds. The monoisotopic (exact) mass is 245 g/mol. The van der Waals surface area contributed by atoms with Gasteiger partial charge in [-0.2, -0.15) is 5.10 Å². The molecule has 2 aromatic heterocycles. The van der Waals surface area contributed by atoms with Crippen LogP contribution in [-0.2, 0) is 13.6 Å². The predicted molar refractivity (Wildman–Crippen MR) is 69.4 cm³/mol. The quantitative estimate of drug-likeness (QED) is 0.882. The second kappa shape index (κ2) is 4.94. The van der Waals surface area contributed by atoms with Gasteiger partial charge in [0.05, 0.1) is 18.6 Å². The van der Waals surface area contributed by atoms with Crippen molar-refractivity contribution >= 4 is 0 Å². The SMILES string of the molecule is Cn1nccc1Cn1cncc1C1CCCNC1. The van der Waals surface area contributed by atoms with Crippen LogP contribution in [0.5, 0.6) is 0 Å². The van der Waals surface area contributed by atoms with Crippen molar-refractivity contribution in [3.05, 3.63) is 36.2 Å². The molecule has 1 aliphatic heterocycles. The normalized spacial score (nSPS) is 20.2. The molecule has 1 unspecified atom stereocenters. The van der Waals surface area contributed by atoms with Crippen molar-refractivity contribution in [2.45, 2.75) is 25.3 Å². The second-order valence-corrected chi connectivity index (χ2v) is 4.94. The molecular formula is C13H19N5. The number of nitrogens with zero attached hydrogens (tertiary/aromatic N) is 4. The molecule has 1 aliphatic rings. The molecule has 0 bridgehead atoms. The maximum Gasteiger partial charge on any atom is 0.0951 e. The smallest absolute Gasteiger partial charge is 0.0951 e. The Hall–Kier alpha value is -1.62. The molecule has 96 valence electrons. The van der Waals surface area contributed by atoms with Gasteiger partial charge >= 0.3 is 0 Å². The van der Waals surface area contributed by atoms with Gasteiger partial charge in [-0.05, 0) is 25.5 Å². The Bertz CT molecular complexity index is 507. The summed E-state index contributed by atoms with van der Waals surface area (Å²) < 4.78 is 4.16. The zero-order valence-corrected chi connectivity index (χ0v) is 10.7. The highest BCUT2D eigenvalue weighted by atomic mass is 15.3. The van der Waals surface area contributed by atoms with Gasteiger partial charge in [-0.1, -0.05) is 0 Å². The molecule has 0 radical (unpaired) electrons. The third-order valence-electron chi connectivity index (χ3n) is 3.71. The van der Waals surface area contributed by atoms with E-state index in [9.17, 15) is 0 Å². The topological polar surface area (TPSA) is 47.7 Å². The summed E-state index contributed by atoms with van der Waals surface area (Å²) in [5.41, 5.74) is 2.54. The van der Waals surface area contributed by atoms with Gasteiger partial charge in [0.1, 0.15) is 0 Å². The van der Waals surface area contributed by atoms with E-state index >= 15 is 0 Å².